The SMILES string of the molecule is O=C1CCC(N2C(=O)c3cccc4c(Cc5ccc(CN6CCN(c7ccnc(-n8cnc(C(F)(F)F)n8)n7)CC6)cc5)ccc2c34)C(=O)N1. The summed E-state index contributed by atoms with van der Waals surface area (Å²) >= 11 is 0. The fourth-order valence-corrected chi connectivity index (χ4v) is 6.95. The van der Waals surface area contributed by atoms with Crippen molar-refractivity contribution in [2.24, 2.45) is 0 Å². The van der Waals surface area contributed by atoms with Crippen molar-refractivity contribution in [1.82, 2.24) is 34.9 Å². The van der Waals surface area contributed by atoms with Crippen LogP contribution in [0.15, 0.2) is 73.2 Å². The average Bonchev–Trinajstić information content (AvgIpc) is 3.72. The number of hydrogen-bond donors (Lipinski definition) is 1. The van der Waals surface area contributed by atoms with Crippen LogP contribution >= 0.6 is 0 Å². The number of nitrogens with one attached hydrogen (secondary N) is 1. The molecule has 5 aromatic rings. The fourth-order valence-electron chi connectivity index (χ4n) is 6.95. The van der Waals surface area contributed by atoms with E-state index in [4.69, 9.17) is 0 Å². The molecule has 3 aliphatic rings. The molecule has 50 heavy (non-hydrogen) atoms. The van der Waals surface area contributed by atoms with Crippen LogP contribution in [0, 0.1) is 0 Å². The van der Waals surface area contributed by atoms with Crippen LogP contribution in [0.1, 0.15) is 45.7 Å². The van der Waals surface area contributed by atoms with Crippen molar-refractivity contribution < 1.29 is 27.6 Å². The number of piperidine rings is 1. The van der Waals surface area contributed by atoms with Gasteiger partial charge in [-0.15, -0.1) is 5.10 Å². The highest BCUT2D eigenvalue weighted by Gasteiger charge is 2.41. The molecule has 3 amide bonds. The molecule has 0 aliphatic carbocycles. The zero-order valence-corrected chi connectivity index (χ0v) is 26.6. The van der Waals surface area contributed by atoms with Gasteiger partial charge in [0.05, 0.1) is 5.69 Å². The molecule has 2 saturated heterocycles. The van der Waals surface area contributed by atoms with Crippen LogP contribution in [0.25, 0.3) is 16.7 Å². The summed E-state index contributed by atoms with van der Waals surface area (Å²) in [5, 5.41) is 7.64. The second kappa shape index (κ2) is 12.3. The first kappa shape index (κ1) is 31.6. The summed E-state index contributed by atoms with van der Waals surface area (Å²) in [5.41, 5.74) is 4.63. The van der Waals surface area contributed by atoms with Gasteiger partial charge in [-0.25, -0.2) is 9.97 Å². The van der Waals surface area contributed by atoms with Gasteiger partial charge in [0, 0.05) is 56.3 Å². The molecule has 5 heterocycles. The molecule has 2 fully saturated rings. The van der Waals surface area contributed by atoms with Crippen LogP contribution in [0.3, 0.4) is 0 Å². The van der Waals surface area contributed by atoms with E-state index in [2.05, 4.69) is 59.4 Å². The van der Waals surface area contributed by atoms with Gasteiger partial charge in [-0.3, -0.25) is 29.5 Å². The number of rotatable bonds is 7. The number of piperazine rings is 1. The summed E-state index contributed by atoms with van der Waals surface area (Å²) in [6.45, 7) is 3.69. The number of nitrogens with zero attached hydrogens (tertiary/aromatic N) is 8. The Morgan fingerprint density at radius 1 is 0.880 bits per heavy atom. The van der Waals surface area contributed by atoms with Crippen LogP contribution < -0.4 is 15.1 Å². The summed E-state index contributed by atoms with van der Waals surface area (Å²) < 4.78 is 39.7. The molecule has 1 atom stereocenters. The van der Waals surface area contributed by atoms with Gasteiger partial charge < -0.3 is 4.90 Å². The maximum absolute atomic E-state index is 13.5. The molecular weight excluding hydrogens is 651 g/mol. The van der Waals surface area contributed by atoms with Crippen molar-refractivity contribution >= 4 is 40.0 Å². The lowest BCUT2D eigenvalue weighted by Crippen LogP contribution is -2.53. The normalized spacial score (nSPS) is 18.3. The van der Waals surface area contributed by atoms with Gasteiger partial charge in [-0.05, 0) is 53.1 Å². The Morgan fingerprint density at radius 3 is 2.40 bits per heavy atom. The molecule has 12 nitrogen and oxygen atoms in total. The van der Waals surface area contributed by atoms with E-state index in [9.17, 15) is 27.6 Å². The largest absolute Gasteiger partial charge is 0.453 e. The van der Waals surface area contributed by atoms with Crippen molar-refractivity contribution in [1.29, 1.82) is 0 Å². The van der Waals surface area contributed by atoms with Crippen LogP contribution in [-0.4, -0.2) is 79.6 Å². The number of imide groups is 1. The zero-order valence-electron chi connectivity index (χ0n) is 26.6. The second-order valence-electron chi connectivity index (χ2n) is 12.6. The number of alkyl halides is 3. The third kappa shape index (κ3) is 5.82. The highest BCUT2D eigenvalue weighted by molar-refractivity contribution is 6.27. The molecular formula is C35H30F3N9O3. The quantitative estimate of drug-likeness (QED) is 0.254. The van der Waals surface area contributed by atoms with E-state index in [0.717, 1.165) is 52.5 Å². The van der Waals surface area contributed by atoms with E-state index in [1.807, 2.05) is 24.3 Å². The Morgan fingerprint density at radius 2 is 1.66 bits per heavy atom. The van der Waals surface area contributed by atoms with Gasteiger partial charge in [0.25, 0.3) is 17.7 Å². The lowest BCUT2D eigenvalue weighted by atomic mass is 9.95. The average molecular weight is 682 g/mol. The number of hydrogen-bond acceptors (Lipinski definition) is 9. The summed E-state index contributed by atoms with van der Waals surface area (Å²) in [7, 11) is 0. The van der Waals surface area contributed by atoms with Crippen molar-refractivity contribution in [2.45, 2.75) is 38.0 Å². The molecule has 0 bridgehead atoms. The van der Waals surface area contributed by atoms with Crippen LogP contribution in [0.5, 0.6) is 0 Å². The minimum absolute atomic E-state index is 0.0211. The van der Waals surface area contributed by atoms with Crippen molar-refractivity contribution in [3.05, 3.63) is 101 Å². The van der Waals surface area contributed by atoms with Crippen molar-refractivity contribution in [3.63, 3.8) is 0 Å². The Hall–Kier alpha value is -5.70. The van der Waals surface area contributed by atoms with E-state index < -0.39 is 23.9 Å². The number of benzene rings is 3. The van der Waals surface area contributed by atoms with E-state index in [1.54, 1.807) is 12.1 Å². The van der Waals surface area contributed by atoms with Crippen molar-refractivity contribution in [3.8, 4) is 5.95 Å². The molecule has 1 unspecified atom stereocenters. The molecule has 15 heteroatoms. The Labute approximate surface area is 283 Å². The molecule has 254 valence electrons. The van der Waals surface area contributed by atoms with Gasteiger partial charge in [-0.1, -0.05) is 42.5 Å². The standard InChI is InChI=1S/C35H30F3N9O3/c36-35(37,38)33-40-20-46(43-33)34-39-13-12-28(41-34)45-16-14-44(15-17-45)19-22-6-4-21(5-7-22)18-23-8-9-26-30-24(23)2-1-3-25(30)32(50)47(26)27-10-11-29(48)42-31(27)49/h1-9,12-13,20,27H,10-11,14-19H2,(H,42,48,49). The third-order valence-electron chi connectivity index (χ3n) is 9.44. The maximum atomic E-state index is 13.5. The van der Waals surface area contributed by atoms with E-state index in [0.29, 0.717) is 43.0 Å². The molecule has 3 aliphatic heterocycles. The minimum atomic E-state index is -4.65. The zero-order chi connectivity index (χ0) is 34.6. The first-order valence-corrected chi connectivity index (χ1v) is 16.2. The maximum Gasteiger partial charge on any atom is 0.453 e. The van der Waals surface area contributed by atoms with Crippen LogP contribution in [0.4, 0.5) is 24.7 Å². The molecule has 0 saturated carbocycles. The van der Waals surface area contributed by atoms with Gasteiger partial charge >= 0.3 is 6.18 Å². The topological polar surface area (TPSA) is 129 Å². The highest BCUT2D eigenvalue weighted by atomic mass is 19.4. The number of halogens is 3. The lowest BCUT2D eigenvalue weighted by molar-refractivity contribution is -0.145. The van der Waals surface area contributed by atoms with Gasteiger partial charge in [0.2, 0.25) is 11.8 Å². The van der Waals surface area contributed by atoms with Gasteiger partial charge in [0.1, 0.15) is 18.2 Å². The van der Waals surface area contributed by atoms with Crippen LogP contribution in [-0.2, 0) is 28.7 Å². The summed E-state index contributed by atoms with van der Waals surface area (Å²) in [6.07, 6.45) is -1.04. The third-order valence-corrected chi connectivity index (χ3v) is 9.44. The fraction of sp³-hybridized carbons (Fsp3) is 0.286. The Balaban J connectivity index is 0.908. The van der Waals surface area contributed by atoms with Gasteiger partial charge in [-0.2, -0.15) is 22.8 Å². The predicted octanol–water partition coefficient (Wildman–Crippen LogP) is 3.91. The minimum Gasteiger partial charge on any atom is -0.354 e. The Bertz CT molecular complexity index is 2140. The number of anilines is 2. The molecule has 3 aromatic carbocycles. The first-order valence-electron chi connectivity index (χ1n) is 16.2. The summed E-state index contributed by atoms with van der Waals surface area (Å²) in [4.78, 5) is 55.6. The molecule has 0 spiro atoms. The smallest absolute Gasteiger partial charge is 0.354 e. The highest BCUT2D eigenvalue weighted by Crippen LogP contribution is 2.41. The number of aromatic nitrogens is 5. The van der Waals surface area contributed by atoms with E-state index >= 15 is 0 Å². The lowest BCUT2D eigenvalue weighted by Gasteiger charge is -2.35. The first-order chi connectivity index (χ1) is 24.1. The predicted molar refractivity (Wildman–Crippen MR) is 176 cm³/mol. The summed E-state index contributed by atoms with van der Waals surface area (Å²) in [6, 6.07) is 19.1. The van der Waals surface area contributed by atoms with Crippen LogP contribution in [0.2, 0.25) is 0 Å². The molecule has 8 rings (SSSR count). The number of amides is 3. The second-order valence-corrected chi connectivity index (χ2v) is 12.6. The van der Waals surface area contributed by atoms with E-state index in [-0.39, 0.29) is 24.2 Å². The monoisotopic (exact) mass is 681 g/mol. The van der Waals surface area contributed by atoms with Gasteiger partial charge in [0.15, 0.2) is 0 Å². The molecule has 2 aromatic heterocycles. The van der Waals surface area contributed by atoms with E-state index in [1.165, 1.54) is 16.7 Å². The Kier molecular flexibility index (Phi) is 7.78. The summed E-state index contributed by atoms with van der Waals surface area (Å²) in [5.74, 6) is -1.60. The molecule has 0 radical (unpaired) electrons. The van der Waals surface area contributed by atoms with Crippen molar-refractivity contribution in [2.75, 3.05) is 36.0 Å². The number of carbonyl (C=O) groups excluding carboxylic acids is 3. The molecule has 1 N–H and O–H groups in total. The number of carbonyl (C=O) groups is 3.